The van der Waals surface area contributed by atoms with Crippen LogP contribution in [0.5, 0.6) is 0 Å². The third kappa shape index (κ3) is 2.11. The second-order valence-electron chi connectivity index (χ2n) is 4.76. The zero-order valence-corrected chi connectivity index (χ0v) is 10.9. The van der Waals surface area contributed by atoms with E-state index in [0.717, 1.165) is 10.9 Å². The summed E-state index contributed by atoms with van der Waals surface area (Å²) in [7, 11) is 0. The highest BCUT2D eigenvalue weighted by atomic mass is 14.6. The molecule has 0 aliphatic rings. The zero-order chi connectivity index (χ0) is 13.2. The van der Waals surface area contributed by atoms with Crippen LogP contribution in [0.15, 0.2) is 54.9 Å². The molecule has 2 aromatic carbocycles. The summed E-state index contributed by atoms with van der Waals surface area (Å²) >= 11 is 0. The molecule has 19 heavy (non-hydrogen) atoms. The molecule has 3 aromatic rings. The second kappa shape index (κ2) is 4.82. The van der Waals surface area contributed by atoms with Gasteiger partial charge < -0.3 is 5.73 Å². The number of rotatable bonds is 2. The predicted octanol–water partition coefficient (Wildman–Crippen LogP) is 3.67. The van der Waals surface area contributed by atoms with Gasteiger partial charge in [0.2, 0.25) is 0 Å². The van der Waals surface area contributed by atoms with E-state index in [2.05, 4.69) is 54.4 Å². The molecule has 1 heterocycles. The van der Waals surface area contributed by atoms with E-state index < -0.39 is 0 Å². The molecule has 0 fully saturated rings. The van der Waals surface area contributed by atoms with Crippen molar-refractivity contribution in [3.63, 3.8) is 0 Å². The number of nitrogens with two attached hydrogens (primary N) is 1. The van der Waals surface area contributed by atoms with Gasteiger partial charge in [0, 0.05) is 24.3 Å². The van der Waals surface area contributed by atoms with E-state index in [1.807, 2.05) is 12.4 Å². The van der Waals surface area contributed by atoms with Gasteiger partial charge in [0.1, 0.15) is 0 Å². The first-order valence-electron chi connectivity index (χ1n) is 6.42. The minimum atomic E-state index is 0.569. The maximum atomic E-state index is 5.75. The highest BCUT2D eigenvalue weighted by Crippen LogP contribution is 2.31. The third-order valence-corrected chi connectivity index (χ3v) is 3.51. The first kappa shape index (κ1) is 11.9. The largest absolute Gasteiger partial charge is 0.326 e. The quantitative estimate of drug-likeness (QED) is 0.751. The number of hydrogen-bond acceptors (Lipinski definition) is 2. The molecule has 0 saturated heterocycles. The van der Waals surface area contributed by atoms with Gasteiger partial charge in [-0.15, -0.1) is 0 Å². The molecule has 0 amide bonds. The molecule has 0 atom stereocenters. The van der Waals surface area contributed by atoms with Gasteiger partial charge in [-0.25, -0.2) is 0 Å². The fraction of sp³-hybridized carbons (Fsp3) is 0.118. The fourth-order valence-electron chi connectivity index (χ4n) is 2.44. The average molecular weight is 248 g/mol. The smallest absolute Gasteiger partial charge is 0.0346 e. The molecule has 0 spiro atoms. The minimum Gasteiger partial charge on any atom is -0.326 e. The summed E-state index contributed by atoms with van der Waals surface area (Å²) in [5.74, 6) is 0. The average Bonchev–Trinajstić information content (AvgIpc) is 2.47. The van der Waals surface area contributed by atoms with Crippen molar-refractivity contribution in [2.45, 2.75) is 13.5 Å². The summed E-state index contributed by atoms with van der Waals surface area (Å²) in [6.45, 7) is 2.70. The van der Waals surface area contributed by atoms with Crippen molar-refractivity contribution < 1.29 is 0 Å². The maximum absolute atomic E-state index is 5.75. The van der Waals surface area contributed by atoms with Gasteiger partial charge in [-0.2, -0.15) is 0 Å². The van der Waals surface area contributed by atoms with E-state index in [1.54, 1.807) is 0 Å². The van der Waals surface area contributed by atoms with E-state index >= 15 is 0 Å². The normalized spacial score (nSPS) is 10.8. The van der Waals surface area contributed by atoms with Gasteiger partial charge in [-0.3, -0.25) is 4.98 Å². The molecule has 0 saturated carbocycles. The van der Waals surface area contributed by atoms with Gasteiger partial charge in [-0.05, 0) is 46.7 Å². The van der Waals surface area contributed by atoms with Crippen LogP contribution >= 0.6 is 0 Å². The van der Waals surface area contributed by atoms with Gasteiger partial charge >= 0.3 is 0 Å². The van der Waals surface area contributed by atoms with Gasteiger partial charge in [-0.1, -0.05) is 30.3 Å². The van der Waals surface area contributed by atoms with Crippen LogP contribution in [0.3, 0.4) is 0 Å². The number of hydrogen-bond donors (Lipinski definition) is 1. The SMILES string of the molecule is Cc1ccc(CN)cc1-c1cccc2cnccc12. The maximum Gasteiger partial charge on any atom is 0.0346 e. The fourth-order valence-corrected chi connectivity index (χ4v) is 2.44. The number of fused-ring (bicyclic) bond motifs is 1. The Kier molecular flexibility index (Phi) is 3.02. The standard InChI is InChI=1S/C17H16N2/c1-12-5-6-13(10-18)9-17(12)16-4-2-3-14-11-19-8-7-15(14)16/h2-9,11H,10,18H2,1H3. The molecule has 0 bridgehead atoms. The molecule has 2 nitrogen and oxygen atoms in total. The van der Waals surface area contributed by atoms with Crippen molar-refractivity contribution >= 4 is 10.8 Å². The third-order valence-electron chi connectivity index (χ3n) is 3.51. The summed E-state index contributed by atoms with van der Waals surface area (Å²) < 4.78 is 0. The van der Waals surface area contributed by atoms with Crippen LogP contribution in [0.4, 0.5) is 0 Å². The van der Waals surface area contributed by atoms with Crippen molar-refractivity contribution in [1.29, 1.82) is 0 Å². The van der Waals surface area contributed by atoms with Crippen molar-refractivity contribution in [3.8, 4) is 11.1 Å². The van der Waals surface area contributed by atoms with Crippen LogP contribution in [-0.2, 0) is 6.54 Å². The van der Waals surface area contributed by atoms with Crippen molar-refractivity contribution in [1.82, 2.24) is 4.98 Å². The van der Waals surface area contributed by atoms with Crippen molar-refractivity contribution in [2.24, 2.45) is 5.73 Å². The van der Waals surface area contributed by atoms with E-state index in [1.165, 1.54) is 22.1 Å². The second-order valence-corrected chi connectivity index (χ2v) is 4.76. The molecular formula is C17H16N2. The Hall–Kier alpha value is -2.19. The molecular weight excluding hydrogens is 232 g/mol. The molecule has 1 aromatic heterocycles. The van der Waals surface area contributed by atoms with Gasteiger partial charge in [0.15, 0.2) is 0 Å². The van der Waals surface area contributed by atoms with Crippen molar-refractivity contribution in [2.75, 3.05) is 0 Å². The molecule has 0 radical (unpaired) electrons. The van der Waals surface area contributed by atoms with Crippen LogP contribution in [-0.4, -0.2) is 4.98 Å². The summed E-state index contributed by atoms with van der Waals surface area (Å²) in [5, 5.41) is 2.40. The molecule has 2 N–H and O–H groups in total. The summed E-state index contributed by atoms with van der Waals surface area (Å²) in [6, 6.07) is 14.8. The number of benzene rings is 2. The lowest BCUT2D eigenvalue weighted by atomic mass is 9.94. The molecule has 2 heteroatoms. The van der Waals surface area contributed by atoms with Crippen LogP contribution < -0.4 is 5.73 Å². The van der Waals surface area contributed by atoms with Crippen LogP contribution in [0.2, 0.25) is 0 Å². The monoisotopic (exact) mass is 248 g/mol. The van der Waals surface area contributed by atoms with Gasteiger partial charge in [0.25, 0.3) is 0 Å². The lowest BCUT2D eigenvalue weighted by Crippen LogP contribution is -1.97. The number of nitrogens with zero attached hydrogens (tertiary/aromatic N) is 1. The van der Waals surface area contributed by atoms with Crippen molar-refractivity contribution in [3.05, 3.63) is 66.0 Å². The summed E-state index contributed by atoms with van der Waals surface area (Å²) in [5.41, 5.74) is 10.7. The Morgan fingerprint density at radius 3 is 2.79 bits per heavy atom. The lowest BCUT2D eigenvalue weighted by molar-refractivity contribution is 1.07. The van der Waals surface area contributed by atoms with Crippen LogP contribution in [0.25, 0.3) is 21.9 Å². The van der Waals surface area contributed by atoms with E-state index in [0.29, 0.717) is 6.54 Å². The number of pyridine rings is 1. The highest BCUT2D eigenvalue weighted by Gasteiger charge is 2.07. The Balaban J connectivity index is 2.30. The summed E-state index contributed by atoms with van der Waals surface area (Å²) in [6.07, 6.45) is 3.74. The number of aryl methyl sites for hydroxylation is 1. The molecule has 3 rings (SSSR count). The summed E-state index contributed by atoms with van der Waals surface area (Å²) in [4.78, 5) is 4.18. The lowest BCUT2D eigenvalue weighted by Gasteiger charge is -2.11. The van der Waals surface area contributed by atoms with E-state index in [9.17, 15) is 0 Å². The van der Waals surface area contributed by atoms with Crippen LogP contribution in [0, 0.1) is 6.92 Å². The molecule has 0 aliphatic heterocycles. The Bertz CT molecular complexity index is 727. The zero-order valence-electron chi connectivity index (χ0n) is 10.9. The first-order valence-corrected chi connectivity index (χ1v) is 6.42. The van der Waals surface area contributed by atoms with Crippen LogP contribution in [0.1, 0.15) is 11.1 Å². The van der Waals surface area contributed by atoms with E-state index in [4.69, 9.17) is 5.73 Å². The Morgan fingerprint density at radius 2 is 1.95 bits per heavy atom. The first-order chi connectivity index (χ1) is 9.29. The number of aromatic nitrogens is 1. The van der Waals surface area contributed by atoms with E-state index in [-0.39, 0.29) is 0 Å². The molecule has 0 unspecified atom stereocenters. The molecule has 0 aliphatic carbocycles. The Morgan fingerprint density at radius 1 is 1.05 bits per heavy atom. The predicted molar refractivity (Wildman–Crippen MR) is 79.8 cm³/mol. The Labute approximate surface area is 112 Å². The molecule has 94 valence electrons. The highest BCUT2D eigenvalue weighted by molar-refractivity contribution is 5.96. The van der Waals surface area contributed by atoms with Gasteiger partial charge in [0.05, 0.1) is 0 Å². The topological polar surface area (TPSA) is 38.9 Å². The minimum absolute atomic E-state index is 0.569.